The molecule has 0 radical (unpaired) electrons. The van der Waals surface area contributed by atoms with Gasteiger partial charge in [0.15, 0.2) is 0 Å². The van der Waals surface area contributed by atoms with Crippen molar-refractivity contribution >= 4 is 27.3 Å². The van der Waals surface area contributed by atoms with Crippen LogP contribution in [0.25, 0.3) is 21.1 Å². The zero-order chi connectivity index (χ0) is 26.6. The number of hydrogen-bond acceptors (Lipinski definition) is 8. The number of rotatable bonds is 9. The zero-order valence-corrected chi connectivity index (χ0v) is 22.6. The molecular formula is C26H29N5O4S2. The van der Waals surface area contributed by atoms with E-state index in [4.69, 9.17) is 4.74 Å². The summed E-state index contributed by atoms with van der Waals surface area (Å²) in [7, 11) is -2.14. The Morgan fingerprint density at radius 2 is 2.03 bits per heavy atom. The minimum Gasteiger partial charge on any atom is -0.490 e. The summed E-state index contributed by atoms with van der Waals surface area (Å²) in [5.41, 5.74) is 4.12. The number of amides is 1. The Bertz CT molecular complexity index is 1440. The lowest BCUT2D eigenvalue weighted by atomic mass is 9.85. The van der Waals surface area contributed by atoms with E-state index in [0.29, 0.717) is 22.7 Å². The monoisotopic (exact) mass is 539 g/mol. The number of nitrogens with zero attached hydrogens (tertiary/aromatic N) is 3. The predicted octanol–water partition coefficient (Wildman–Crippen LogP) is 3.96. The number of hydrogen-bond donors (Lipinski definition) is 2. The topological polar surface area (TPSA) is 134 Å². The van der Waals surface area contributed by atoms with Crippen LogP contribution in [0.4, 0.5) is 0 Å². The largest absolute Gasteiger partial charge is 0.490 e. The molecule has 1 aliphatic rings. The van der Waals surface area contributed by atoms with Crippen LogP contribution in [0.3, 0.4) is 0 Å². The second kappa shape index (κ2) is 11.4. The maximum Gasteiger partial charge on any atom is 0.220 e. The maximum atomic E-state index is 12.6. The molecular weight excluding hydrogens is 510 g/mol. The SMILES string of the molecule is CNC(=O)CCS(=O)(=O)N[C@@H]1CCCc2c(-c3nnc(-c4ccc(OC(C)C)c(C#N)c4)s3)cccc21. The van der Waals surface area contributed by atoms with Crippen molar-refractivity contribution in [2.24, 2.45) is 0 Å². The highest BCUT2D eigenvalue weighted by Crippen LogP contribution is 2.39. The molecule has 1 aliphatic carbocycles. The molecule has 2 aromatic carbocycles. The van der Waals surface area contributed by atoms with Gasteiger partial charge in [-0.2, -0.15) is 5.26 Å². The second-order valence-corrected chi connectivity index (χ2v) is 11.9. The fourth-order valence-electron chi connectivity index (χ4n) is 4.35. The Kier molecular flexibility index (Phi) is 8.22. The molecule has 2 N–H and O–H groups in total. The molecule has 0 saturated heterocycles. The van der Waals surface area contributed by atoms with Crippen LogP contribution in [-0.4, -0.2) is 43.4 Å². The van der Waals surface area contributed by atoms with Crippen molar-refractivity contribution in [1.82, 2.24) is 20.2 Å². The van der Waals surface area contributed by atoms with Crippen LogP contribution >= 0.6 is 11.3 Å². The van der Waals surface area contributed by atoms with Gasteiger partial charge in [-0.1, -0.05) is 29.5 Å². The first-order chi connectivity index (χ1) is 17.7. The van der Waals surface area contributed by atoms with Crippen molar-refractivity contribution in [2.45, 2.75) is 51.7 Å². The molecule has 0 fully saturated rings. The molecule has 0 bridgehead atoms. The van der Waals surface area contributed by atoms with E-state index in [0.717, 1.165) is 40.1 Å². The van der Waals surface area contributed by atoms with Crippen molar-refractivity contribution in [1.29, 1.82) is 5.26 Å². The summed E-state index contributed by atoms with van der Waals surface area (Å²) >= 11 is 1.42. The van der Waals surface area contributed by atoms with Crippen molar-refractivity contribution in [3.63, 3.8) is 0 Å². The van der Waals surface area contributed by atoms with Crippen LogP contribution in [-0.2, 0) is 21.2 Å². The number of fused-ring (bicyclic) bond motifs is 1. The minimum atomic E-state index is -3.63. The lowest BCUT2D eigenvalue weighted by molar-refractivity contribution is -0.120. The van der Waals surface area contributed by atoms with Crippen molar-refractivity contribution in [3.05, 3.63) is 53.1 Å². The van der Waals surface area contributed by atoms with Gasteiger partial charge < -0.3 is 10.1 Å². The molecule has 9 nitrogen and oxygen atoms in total. The van der Waals surface area contributed by atoms with Crippen LogP contribution in [0.2, 0.25) is 0 Å². The van der Waals surface area contributed by atoms with Crippen molar-refractivity contribution in [2.75, 3.05) is 12.8 Å². The summed E-state index contributed by atoms with van der Waals surface area (Å²) < 4.78 is 33.8. The van der Waals surface area contributed by atoms with Gasteiger partial charge in [-0.15, -0.1) is 10.2 Å². The highest BCUT2D eigenvalue weighted by Gasteiger charge is 2.27. The van der Waals surface area contributed by atoms with Gasteiger partial charge in [-0.05, 0) is 62.4 Å². The second-order valence-electron chi connectivity index (χ2n) is 9.08. The van der Waals surface area contributed by atoms with E-state index in [1.807, 2.05) is 38.1 Å². The summed E-state index contributed by atoms with van der Waals surface area (Å²) in [4.78, 5) is 11.5. The van der Waals surface area contributed by atoms with Gasteiger partial charge in [-0.3, -0.25) is 4.79 Å². The molecule has 0 unspecified atom stereocenters. The summed E-state index contributed by atoms with van der Waals surface area (Å²) in [5.74, 6) is -0.0383. The molecule has 1 heterocycles. The number of carbonyl (C=O) groups is 1. The Morgan fingerprint density at radius 3 is 2.76 bits per heavy atom. The number of benzene rings is 2. The maximum absolute atomic E-state index is 12.6. The fourth-order valence-corrected chi connectivity index (χ4v) is 6.50. The van der Waals surface area contributed by atoms with Gasteiger partial charge >= 0.3 is 0 Å². The highest BCUT2D eigenvalue weighted by molar-refractivity contribution is 7.89. The molecule has 1 amide bonds. The van der Waals surface area contributed by atoms with Crippen LogP contribution in [0, 0.1) is 11.3 Å². The Hall–Kier alpha value is -3.33. The number of nitriles is 1. The number of sulfonamides is 1. The average molecular weight is 540 g/mol. The zero-order valence-electron chi connectivity index (χ0n) is 20.9. The molecule has 1 atom stereocenters. The molecule has 0 aliphatic heterocycles. The standard InChI is InChI=1S/C26H29N5O4S2/c1-16(2)35-23-11-10-17(14-18(23)15-27)25-29-30-26(36-25)21-8-4-7-20-19(21)6-5-9-22(20)31-37(33,34)13-12-24(32)28-3/h4,7-8,10-11,14,16,22,31H,5-6,9,12-13H2,1-3H3,(H,28,32)/t22-/m1/s1. The molecule has 0 spiro atoms. The number of nitrogens with one attached hydrogen (secondary N) is 2. The molecule has 194 valence electrons. The molecule has 11 heteroatoms. The number of aromatic nitrogens is 2. The molecule has 4 rings (SSSR count). The summed E-state index contributed by atoms with van der Waals surface area (Å²) in [6, 6.07) is 13.0. The molecule has 3 aromatic rings. The molecule has 1 aromatic heterocycles. The first kappa shape index (κ1) is 26.7. The van der Waals surface area contributed by atoms with Crippen LogP contribution in [0.1, 0.15) is 55.8 Å². The first-order valence-corrected chi connectivity index (χ1v) is 14.5. The summed E-state index contributed by atoms with van der Waals surface area (Å²) in [6.45, 7) is 3.82. The molecule has 37 heavy (non-hydrogen) atoms. The third-order valence-corrected chi connectivity index (χ3v) is 8.46. The van der Waals surface area contributed by atoms with Crippen LogP contribution < -0.4 is 14.8 Å². The van der Waals surface area contributed by atoms with Gasteiger partial charge in [0.25, 0.3) is 0 Å². The smallest absolute Gasteiger partial charge is 0.220 e. The quantitative estimate of drug-likeness (QED) is 0.420. The van der Waals surface area contributed by atoms with E-state index in [2.05, 4.69) is 26.3 Å². The van der Waals surface area contributed by atoms with E-state index >= 15 is 0 Å². The third-order valence-electron chi connectivity index (χ3n) is 6.07. The fraction of sp³-hybridized carbons (Fsp3) is 0.385. The van der Waals surface area contributed by atoms with Crippen molar-refractivity contribution < 1.29 is 17.9 Å². The predicted molar refractivity (Wildman–Crippen MR) is 143 cm³/mol. The van der Waals surface area contributed by atoms with E-state index in [9.17, 15) is 18.5 Å². The van der Waals surface area contributed by atoms with E-state index < -0.39 is 10.0 Å². The highest BCUT2D eigenvalue weighted by atomic mass is 32.2. The van der Waals surface area contributed by atoms with Crippen molar-refractivity contribution in [3.8, 4) is 33.0 Å². The van der Waals surface area contributed by atoms with Crippen LogP contribution in [0.15, 0.2) is 36.4 Å². The van der Waals surface area contributed by atoms with Gasteiger partial charge in [0.1, 0.15) is 21.8 Å². The van der Waals surface area contributed by atoms with Crippen LogP contribution in [0.5, 0.6) is 5.75 Å². The summed E-state index contributed by atoms with van der Waals surface area (Å²) in [6.07, 6.45) is 2.17. The molecule has 0 saturated carbocycles. The number of ether oxygens (including phenoxy) is 1. The Morgan fingerprint density at radius 1 is 1.24 bits per heavy atom. The van der Waals surface area contributed by atoms with Gasteiger partial charge in [-0.25, -0.2) is 13.1 Å². The minimum absolute atomic E-state index is 0.0421. The van der Waals surface area contributed by atoms with Gasteiger partial charge in [0, 0.05) is 30.6 Å². The van der Waals surface area contributed by atoms with Gasteiger partial charge in [0.05, 0.1) is 17.4 Å². The van der Waals surface area contributed by atoms with Gasteiger partial charge in [0.2, 0.25) is 15.9 Å². The normalized spacial score (nSPS) is 15.2. The third kappa shape index (κ3) is 6.33. The average Bonchev–Trinajstić information content (AvgIpc) is 3.37. The van der Waals surface area contributed by atoms with E-state index in [-0.39, 0.29) is 30.2 Å². The van der Waals surface area contributed by atoms with E-state index in [1.54, 1.807) is 12.1 Å². The van der Waals surface area contributed by atoms with E-state index in [1.165, 1.54) is 18.4 Å². The lowest BCUT2D eigenvalue weighted by Crippen LogP contribution is -2.34. The number of carbonyl (C=O) groups excluding carboxylic acids is 1. The summed E-state index contributed by atoms with van der Waals surface area (Å²) in [5, 5.41) is 22.2. The lowest BCUT2D eigenvalue weighted by Gasteiger charge is -2.27. The Balaban J connectivity index is 1.60. The first-order valence-electron chi connectivity index (χ1n) is 12.1. The Labute approximate surface area is 220 Å².